The van der Waals surface area contributed by atoms with Gasteiger partial charge in [-0.2, -0.15) is 15.6 Å². The molecule has 1 aliphatic carbocycles. The molecule has 2 fully saturated rings. The normalized spacial score (nSPS) is 20.1. The minimum absolute atomic E-state index is 0.0608. The average Bonchev–Trinajstić information content (AvgIpc) is 3.46. The number of piperidine rings is 1. The summed E-state index contributed by atoms with van der Waals surface area (Å²) in [6.07, 6.45) is 4.70. The molecule has 0 N–H and O–H groups in total. The maximum Gasteiger partial charge on any atom is 0.254 e. The second-order valence-corrected chi connectivity index (χ2v) is 10.8. The van der Waals surface area contributed by atoms with Gasteiger partial charge in [0, 0.05) is 30.7 Å². The van der Waals surface area contributed by atoms with E-state index in [-0.39, 0.29) is 28.6 Å². The molecule has 162 valence electrons. The Labute approximate surface area is 182 Å². The van der Waals surface area contributed by atoms with E-state index in [2.05, 4.69) is 0 Å². The van der Waals surface area contributed by atoms with Crippen LogP contribution in [0.2, 0.25) is 0 Å². The zero-order valence-electron chi connectivity index (χ0n) is 17.4. The summed E-state index contributed by atoms with van der Waals surface area (Å²) in [4.78, 5) is 15.3. The van der Waals surface area contributed by atoms with Crippen LogP contribution in [-0.4, -0.2) is 49.3 Å². The van der Waals surface area contributed by atoms with Crippen molar-refractivity contribution in [2.45, 2.75) is 62.6 Å². The summed E-state index contributed by atoms with van der Waals surface area (Å²) in [6.45, 7) is 2.98. The van der Waals surface area contributed by atoms with Crippen LogP contribution >= 0.6 is 11.3 Å². The lowest BCUT2D eigenvalue weighted by molar-refractivity contribution is 0.0730. The average molecular weight is 449 g/mol. The number of carbonyl (C=O) groups is 1. The molecule has 2 heterocycles. The Kier molecular flexibility index (Phi) is 6.18. The number of thiophene rings is 1. The van der Waals surface area contributed by atoms with Crippen LogP contribution in [-0.2, 0) is 16.6 Å². The van der Waals surface area contributed by atoms with E-state index in [1.807, 2.05) is 28.7 Å². The summed E-state index contributed by atoms with van der Waals surface area (Å²) in [6, 6.07) is 6.96. The topological polar surface area (TPSA) is 66.9 Å². The Hall–Kier alpha value is -1.90. The predicted molar refractivity (Wildman–Crippen MR) is 117 cm³/mol. The first-order valence-electron chi connectivity index (χ1n) is 10.4. The van der Waals surface area contributed by atoms with Crippen LogP contribution in [0.1, 0.15) is 54.9 Å². The summed E-state index contributed by atoms with van der Waals surface area (Å²) in [5, 5.41) is 4.05. The molecule has 1 aromatic heterocycles. The van der Waals surface area contributed by atoms with Crippen LogP contribution in [0, 0.1) is 0 Å². The predicted octanol–water partition coefficient (Wildman–Crippen LogP) is 4.12. The molecule has 2 aromatic rings. The van der Waals surface area contributed by atoms with Gasteiger partial charge in [-0.25, -0.2) is 8.42 Å². The Morgan fingerprint density at radius 2 is 2.03 bits per heavy atom. The van der Waals surface area contributed by atoms with E-state index >= 15 is 0 Å². The van der Waals surface area contributed by atoms with Crippen molar-refractivity contribution in [3.05, 3.63) is 46.2 Å². The maximum absolute atomic E-state index is 13.4. The molecule has 0 spiro atoms. The number of methoxy groups -OCH3 is 1. The quantitative estimate of drug-likeness (QED) is 0.639. The van der Waals surface area contributed by atoms with Gasteiger partial charge in [0.1, 0.15) is 10.6 Å². The van der Waals surface area contributed by atoms with Crippen molar-refractivity contribution in [2.75, 3.05) is 13.7 Å². The Morgan fingerprint density at radius 3 is 2.67 bits per heavy atom. The molecule has 4 rings (SSSR count). The fraction of sp³-hybridized carbons (Fsp3) is 0.500. The van der Waals surface area contributed by atoms with E-state index in [1.54, 1.807) is 27.8 Å². The molecule has 1 aromatic carbocycles. The lowest BCUT2D eigenvalue weighted by atomic mass is 10.1. The Balaban J connectivity index is 1.67. The fourth-order valence-electron chi connectivity index (χ4n) is 4.06. The van der Waals surface area contributed by atoms with Crippen LogP contribution in [0.15, 0.2) is 39.9 Å². The van der Waals surface area contributed by atoms with Gasteiger partial charge in [-0.15, -0.1) is 0 Å². The zero-order valence-corrected chi connectivity index (χ0v) is 19.0. The van der Waals surface area contributed by atoms with E-state index in [4.69, 9.17) is 4.74 Å². The number of amides is 1. The molecule has 1 aliphatic heterocycles. The maximum atomic E-state index is 13.4. The summed E-state index contributed by atoms with van der Waals surface area (Å²) in [5.74, 6) is 0.148. The Bertz CT molecular complexity index is 1000. The minimum atomic E-state index is -3.75. The van der Waals surface area contributed by atoms with Gasteiger partial charge >= 0.3 is 0 Å². The Morgan fingerprint density at radius 1 is 1.23 bits per heavy atom. The molecule has 30 heavy (non-hydrogen) atoms. The van der Waals surface area contributed by atoms with Crippen LogP contribution in [0.4, 0.5) is 0 Å². The molecule has 0 bridgehead atoms. The lowest BCUT2D eigenvalue weighted by Crippen LogP contribution is -2.42. The molecule has 1 atom stereocenters. The van der Waals surface area contributed by atoms with E-state index in [0.29, 0.717) is 18.7 Å². The summed E-state index contributed by atoms with van der Waals surface area (Å²) in [5.41, 5.74) is 1.49. The van der Waals surface area contributed by atoms with Gasteiger partial charge in [0.15, 0.2) is 0 Å². The molecule has 1 unspecified atom stereocenters. The first kappa shape index (κ1) is 21.3. The molecule has 1 saturated heterocycles. The number of hydrogen-bond acceptors (Lipinski definition) is 5. The third-order valence-corrected chi connectivity index (χ3v) is 8.69. The van der Waals surface area contributed by atoms with Gasteiger partial charge in [-0.05, 0) is 73.2 Å². The number of rotatable bonds is 7. The van der Waals surface area contributed by atoms with Crippen molar-refractivity contribution in [3.63, 3.8) is 0 Å². The number of hydrogen-bond donors (Lipinski definition) is 0. The van der Waals surface area contributed by atoms with E-state index in [9.17, 15) is 13.2 Å². The van der Waals surface area contributed by atoms with Crippen LogP contribution in [0.25, 0.3) is 0 Å². The standard InChI is InChI=1S/C22H28N2O4S2/c1-16-5-3-4-11-24(16)30(26,27)21-13-18(6-9-20(21)28-2)22(25)23(19-7-8-19)14-17-10-12-29-15-17/h6,9-10,12-13,15-16,19H,3-5,7-8,11,14H2,1-2H3. The number of nitrogens with zero attached hydrogens (tertiary/aromatic N) is 2. The molecular formula is C22H28N2O4S2. The highest BCUT2D eigenvalue weighted by atomic mass is 32.2. The van der Waals surface area contributed by atoms with Crippen molar-refractivity contribution in [1.82, 2.24) is 9.21 Å². The first-order chi connectivity index (χ1) is 14.4. The number of benzene rings is 1. The second-order valence-electron chi connectivity index (χ2n) is 8.12. The monoisotopic (exact) mass is 448 g/mol. The molecule has 1 amide bonds. The summed E-state index contributed by atoms with van der Waals surface area (Å²) in [7, 11) is -2.29. The highest BCUT2D eigenvalue weighted by Gasteiger charge is 2.36. The molecule has 2 aliphatic rings. The van der Waals surface area contributed by atoms with Gasteiger partial charge in [0.05, 0.1) is 7.11 Å². The van der Waals surface area contributed by atoms with Gasteiger partial charge in [-0.3, -0.25) is 4.79 Å². The van der Waals surface area contributed by atoms with Crippen molar-refractivity contribution < 1.29 is 17.9 Å². The number of ether oxygens (including phenoxy) is 1. The third kappa shape index (κ3) is 4.26. The first-order valence-corrected chi connectivity index (χ1v) is 12.8. The number of sulfonamides is 1. The minimum Gasteiger partial charge on any atom is -0.495 e. The van der Waals surface area contributed by atoms with Crippen LogP contribution in [0.3, 0.4) is 0 Å². The SMILES string of the molecule is COc1ccc(C(=O)N(Cc2ccsc2)C2CC2)cc1S(=O)(=O)N1CCCCC1C. The highest BCUT2D eigenvalue weighted by molar-refractivity contribution is 7.89. The van der Waals surface area contributed by atoms with Gasteiger partial charge in [0.2, 0.25) is 10.0 Å². The van der Waals surface area contributed by atoms with Crippen LogP contribution < -0.4 is 4.74 Å². The van der Waals surface area contributed by atoms with E-state index in [1.165, 1.54) is 13.2 Å². The summed E-state index contributed by atoms with van der Waals surface area (Å²) < 4.78 is 33.8. The van der Waals surface area contributed by atoms with Crippen molar-refractivity contribution in [2.24, 2.45) is 0 Å². The van der Waals surface area contributed by atoms with Gasteiger partial charge in [0.25, 0.3) is 5.91 Å². The lowest BCUT2D eigenvalue weighted by Gasteiger charge is -2.32. The third-order valence-electron chi connectivity index (χ3n) is 5.92. The molecule has 8 heteroatoms. The van der Waals surface area contributed by atoms with E-state index in [0.717, 1.165) is 37.7 Å². The second kappa shape index (κ2) is 8.69. The molecule has 6 nitrogen and oxygen atoms in total. The molecule has 0 radical (unpaired) electrons. The van der Waals surface area contributed by atoms with Crippen molar-refractivity contribution in [1.29, 1.82) is 0 Å². The van der Waals surface area contributed by atoms with Gasteiger partial charge in [-0.1, -0.05) is 6.42 Å². The molecule has 1 saturated carbocycles. The highest BCUT2D eigenvalue weighted by Crippen LogP contribution is 2.34. The zero-order chi connectivity index (χ0) is 21.3. The van der Waals surface area contributed by atoms with Gasteiger partial charge < -0.3 is 9.64 Å². The van der Waals surface area contributed by atoms with Crippen molar-refractivity contribution >= 4 is 27.3 Å². The molecular weight excluding hydrogens is 420 g/mol. The van der Waals surface area contributed by atoms with Crippen LogP contribution in [0.5, 0.6) is 5.75 Å². The number of carbonyl (C=O) groups excluding carboxylic acids is 1. The summed E-state index contributed by atoms with van der Waals surface area (Å²) >= 11 is 1.61. The fourth-order valence-corrected chi connectivity index (χ4v) is 6.61. The smallest absolute Gasteiger partial charge is 0.254 e. The van der Waals surface area contributed by atoms with E-state index < -0.39 is 10.0 Å². The largest absolute Gasteiger partial charge is 0.495 e. The van der Waals surface area contributed by atoms with Crippen molar-refractivity contribution in [3.8, 4) is 5.75 Å².